The number of rotatable bonds is 3. The molecule has 0 amide bonds. The van der Waals surface area contributed by atoms with Gasteiger partial charge in [0.2, 0.25) is 0 Å². The summed E-state index contributed by atoms with van der Waals surface area (Å²) in [5, 5.41) is 1.15. The number of anilines is 1. The van der Waals surface area contributed by atoms with E-state index in [4.69, 9.17) is 11.9 Å². The van der Waals surface area contributed by atoms with Crippen molar-refractivity contribution in [2.24, 2.45) is 7.05 Å². The van der Waals surface area contributed by atoms with Crippen LogP contribution >= 0.6 is 40.0 Å². The molecule has 1 aromatic heterocycles. The molecule has 0 aliphatic heterocycles. The number of aromatic nitrogens is 1. The van der Waals surface area contributed by atoms with Gasteiger partial charge < -0.3 is 4.57 Å². The molecular formula is C10H10BrClN2OS. The first-order valence-corrected chi connectivity index (χ1v) is 6.38. The minimum absolute atomic E-state index is 1.06. The van der Waals surface area contributed by atoms with Crippen molar-refractivity contribution in [3.63, 3.8) is 0 Å². The van der Waals surface area contributed by atoms with Crippen LogP contribution in [-0.2, 0) is 10.8 Å². The maximum Gasteiger partial charge on any atom is 0.135 e. The molecule has 0 N–H and O–H groups in total. The van der Waals surface area contributed by atoms with E-state index in [9.17, 15) is 0 Å². The summed E-state index contributed by atoms with van der Waals surface area (Å²) in [5.74, 6) is 0. The normalized spacial score (nSPS) is 11.0. The van der Waals surface area contributed by atoms with Gasteiger partial charge >= 0.3 is 0 Å². The molecule has 0 aliphatic carbocycles. The Labute approximate surface area is 112 Å². The van der Waals surface area contributed by atoms with Gasteiger partial charge in [0.05, 0.1) is 23.1 Å². The Hall–Kier alpha value is -0.360. The summed E-state index contributed by atoms with van der Waals surface area (Å²) in [6.45, 7) is 0. The number of para-hydroxylation sites is 1. The van der Waals surface area contributed by atoms with Gasteiger partial charge in [-0.3, -0.25) is 4.31 Å². The monoisotopic (exact) mass is 320 g/mol. The molecule has 6 heteroatoms. The second kappa shape index (κ2) is 4.87. The first-order valence-electron chi connectivity index (χ1n) is 4.58. The van der Waals surface area contributed by atoms with Crippen LogP contribution in [0.2, 0.25) is 0 Å². The van der Waals surface area contributed by atoms with Gasteiger partial charge in [-0.15, -0.1) is 0 Å². The molecular weight excluding hydrogens is 312 g/mol. The van der Waals surface area contributed by atoms with E-state index in [1.807, 2.05) is 36.7 Å². The molecule has 0 saturated heterocycles. The first-order chi connectivity index (χ1) is 7.65. The average Bonchev–Trinajstić information content (AvgIpc) is 2.58. The smallest absolute Gasteiger partial charge is 0.135 e. The van der Waals surface area contributed by atoms with Crippen LogP contribution in [-0.4, -0.2) is 11.6 Å². The number of nitrogens with zero attached hydrogens (tertiary/aromatic N) is 2. The maximum absolute atomic E-state index is 5.24. The SMILES string of the molecule is CN(SOCl)c1cn(C)c2c(Br)cccc12. The Bertz CT molecular complexity index is 517. The Morgan fingerprint density at radius 3 is 2.94 bits per heavy atom. The third kappa shape index (κ3) is 2.05. The quantitative estimate of drug-likeness (QED) is 0.626. The van der Waals surface area contributed by atoms with Gasteiger partial charge in [0, 0.05) is 30.2 Å². The summed E-state index contributed by atoms with van der Waals surface area (Å²) < 4.78 is 9.56. The number of hydrogen-bond donors (Lipinski definition) is 0. The number of halogens is 2. The van der Waals surface area contributed by atoms with Crippen LogP contribution < -0.4 is 4.31 Å². The fourth-order valence-corrected chi connectivity index (χ4v) is 2.94. The molecule has 0 spiro atoms. The summed E-state index contributed by atoms with van der Waals surface area (Å²) in [4.78, 5) is 0. The molecule has 2 aromatic rings. The van der Waals surface area contributed by atoms with E-state index >= 15 is 0 Å². The van der Waals surface area contributed by atoms with E-state index in [0.29, 0.717) is 0 Å². The lowest BCUT2D eigenvalue weighted by Crippen LogP contribution is -2.04. The zero-order valence-electron chi connectivity index (χ0n) is 8.78. The predicted molar refractivity (Wildman–Crippen MR) is 73.6 cm³/mol. The van der Waals surface area contributed by atoms with Crippen molar-refractivity contribution in [2.45, 2.75) is 0 Å². The fraction of sp³-hybridized carbons (Fsp3) is 0.200. The lowest BCUT2D eigenvalue weighted by molar-refractivity contribution is 0.725. The second-order valence-corrected chi connectivity index (χ2v) is 5.45. The van der Waals surface area contributed by atoms with Gasteiger partial charge in [-0.2, -0.15) is 3.74 Å². The molecule has 86 valence electrons. The van der Waals surface area contributed by atoms with Crippen LogP contribution in [0.15, 0.2) is 28.9 Å². The van der Waals surface area contributed by atoms with Crippen molar-refractivity contribution in [3.05, 3.63) is 28.9 Å². The molecule has 0 bridgehead atoms. The van der Waals surface area contributed by atoms with E-state index in [1.165, 1.54) is 0 Å². The Kier molecular flexibility index (Phi) is 3.69. The molecule has 0 fully saturated rings. The zero-order valence-corrected chi connectivity index (χ0v) is 11.9. The van der Waals surface area contributed by atoms with Crippen molar-refractivity contribution >= 4 is 56.6 Å². The Balaban J connectivity index is 2.59. The summed E-state index contributed by atoms with van der Waals surface area (Å²) in [6, 6.07) is 6.11. The zero-order chi connectivity index (χ0) is 11.7. The van der Waals surface area contributed by atoms with Gasteiger partial charge in [0.25, 0.3) is 0 Å². The van der Waals surface area contributed by atoms with Crippen molar-refractivity contribution in [2.75, 3.05) is 11.4 Å². The third-order valence-corrected chi connectivity index (χ3v) is 3.70. The van der Waals surface area contributed by atoms with Crippen LogP contribution in [0.3, 0.4) is 0 Å². The Morgan fingerprint density at radius 2 is 2.25 bits per heavy atom. The molecule has 3 nitrogen and oxygen atoms in total. The van der Waals surface area contributed by atoms with Gasteiger partial charge in [0.15, 0.2) is 0 Å². The summed E-state index contributed by atoms with van der Waals surface area (Å²) in [7, 11) is 3.92. The second-order valence-electron chi connectivity index (χ2n) is 3.40. The average molecular weight is 322 g/mol. The maximum atomic E-state index is 5.24. The molecule has 16 heavy (non-hydrogen) atoms. The lowest BCUT2D eigenvalue weighted by atomic mass is 10.2. The van der Waals surface area contributed by atoms with Crippen LogP contribution in [0.5, 0.6) is 0 Å². The van der Waals surface area contributed by atoms with Gasteiger partial charge in [-0.25, -0.2) is 0 Å². The van der Waals surface area contributed by atoms with Crippen molar-refractivity contribution in [3.8, 4) is 0 Å². The standard InChI is InChI=1S/C10H10BrClN2OS/c1-13-6-9(14(2)16-15-12)7-4-3-5-8(11)10(7)13/h3-6H,1-2H3. The highest BCUT2D eigenvalue weighted by Crippen LogP contribution is 2.35. The summed E-state index contributed by atoms with van der Waals surface area (Å²) in [5.41, 5.74) is 2.21. The topological polar surface area (TPSA) is 17.4 Å². The number of fused-ring (bicyclic) bond motifs is 1. The van der Waals surface area contributed by atoms with Gasteiger partial charge in [-0.1, -0.05) is 12.1 Å². The molecule has 0 atom stereocenters. The van der Waals surface area contributed by atoms with E-state index in [2.05, 4.69) is 30.3 Å². The van der Waals surface area contributed by atoms with Gasteiger partial charge in [0.1, 0.15) is 12.2 Å². The molecule has 1 heterocycles. The van der Waals surface area contributed by atoms with Crippen molar-refractivity contribution in [1.82, 2.24) is 4.57 Å². The molecule has 0 saturated carbocycles. The van der Waals surface area contributed by atoms with Crippen molar-refractivity contribution in [1.29, 1.82) is 0 Å². The third-order valence-electron chi connectivity index (χ3n) is 2.41. The van der Waals surface area contributed by atoms with Gasteiger partial charge in [-0.05, 0) is 22.0 Å². The highest BCUT2D eigenvalue weighted by molar-refractivity contribution is 9.10. The van der Waals surface area contributed by atoms with E-state index in [0.717, 1.165) is 33.3 Å². The molecule has 2 rings (SSSR count). The highest BCUT2D eigenvalue weighted by Gasteiger charge is 2.13. The summed E-state index contributed by atoms with van der Waals surface area (Å²) >= 11 is 9.87. The van der Waals surface area contributed by atoms with Crippen LogP contribution in [0.1, 0.15) is 0 Å². The fourth-order valence-electron chi connectivity index (χ4n) is 1.73. The first kappa shape index (κ1) is 12.1. The molecule has 0 unspecified atom stereocenters. The number of hydrogen-bond acceptors (Lipinski definition) is 3. The molecule has 0 aliphatic rings. The molecule has 0 radical (unpaired) electrons. The highest BCUT2D eigenvalue weighted by atomic mass is 79.9. The van der Waals surface area contributed by atoms with Crippen LogP contribution in [0.25, 0.3) is 10.9 Å². The van der Waals surface area contributed by atoms with Crippen LogP contribution in [0.4, 0.5) is 5.69 Å². The minimum atomic E-state index is 1.06. The largest absolute Gasteiger partial charge is 0.347 e. The predicted octanol–water partition coefficient (Wildman–Crippen LogP) is 4.11. The van der Waals surface area contributed by atoms with Crippen molar-refractivity contribution < 1.29 is 3.74 Å². The summed E-state index contributed by atoms with van der Waals surface area (Å²) in [6.07, 6.45) is 2.04. The minimum Gasteiger partial charge on any atom is -0.347 e. The Morgan fingerprint density at radius 1 is 1.50 bits per heavy atom. The van der Waals surface area contributed by atoms with E-state index in [1.54, 1.807) is 0 Å². The number of aryl methyl sites for hydroxylation is 1. The van der Waals surface area contributed by atoms with E-state index < -0.39 is 0 Å². The van der Waals surface area contributed by atoms with E-state index in [-0.39, 0.29) is 0 Å². The molecule has 1 aromatic carbocycles. The lowest BCUT2D eigenvalue weighted by Gasteiger charge is -2.12. The van der Waals surface area contributed by atoms with Crippen LogP contribution in [0, 0.1) is 0 Å². The number of benzene rings is 1.